The number of nitrogens with two attached hydrogens (primary N) is 2. The summed E-state index contributed by atoms with van der Waals surface area (Å²) < 4.78 is 4.93. The number of esters is 1. The van der Waals surface area contributed by atoms with Gasteiger partial charge in [0.05, 0.1) is 5.56 Å². The van der Waals surface area contributed by atoms with E-state index in [2.05, 4.69) is 5.32 Å². The van der Waals surface area contributed by atoms with Crippen molar-refractivity contribution in [1.29, 1.82) is 0 Å². The number of hydrogen-bond donors (Lipinski definition) is 3. The largest absolute Gasteiger partial charge is 0.452 e. The molecule has 6 heteroatoms. The SMILES string of the molecule is CCC(CC)NC(=O)COC(=O)c1cc(N)cc(N)c1. The van der Waals surface area contributed by atoms with Crippen molar-refractivity contribution in [2.45, 2.75) is 32.7 Å². The van der Waals surface area contributed by atoms with Crippen LogP contribution < -0.4 is 16.8 Å². The molecule has 0 aliphatic carbocycles. The molecule has 0 bridgehead atoms. The highest BCUT2D eigenvalue weighted by Crippen LogP contribution is 2.14. The van der Waals surface area contributed by atoms with Crippen molar-refractivity contribution in [1.82, 2.24) is 5.32 Å². The fraction of sp³-hybridized carbons (Fsp3) is 0.429. The molecule has 0 saturated carbocycles. The van der Waals surface area contributed by atoms with E-state index in [4.69, 9.17) is 16.2 Å². The molecule has 6 nitrogen and oxygen atoms in total. The average Bonchev–Trinajstić information content (AvgIpc) is 2.41. The van der Waals surface area contributed by atoms with Gasteiger partial charge in [-0.05, 0) is 31.0 Å². The predicted molar refractivity (Wildman–Crippen MR) is 78.1 cm³/mol. The van der Waals surface area contributed by atoms with Crippen molar-refractivity contribution in [3.05, 3.63) is 23.8 Å². The highest BCUT2D eigenvalue weighted by molar-refractivity contribution is 5.93. The molecule has 0 aromatic heterocycles. The van der Waals surface area contributed by atoms with Gasteiger partial charge >= 0.3 is 5.97 Å². The third-order valence-electron chi connectivity index (χ3n) is 2.90. The number of rotatable bonds is 6. The van der Waals surface area contributed by atoms with Crippen molar-refractivity contribution in [2.75, 3.05) is 18.1 Å². The number of ether oxygens (including phenoxy) is 1. The lowest BCUT2D eigenvalue weighted by molar-refractivity contribution is -0.125. The zero-order valence-corrected chi connectivity index (χ0v) is 11.8. The molecule has 0 saturated heterocycles. The zero-order chi connectivity index (χ0) is 15.1. The lowest BCUT2D eigenvalue weighted by Crippen LogP contribution is -2.36. The van der Waals surface area contributed by atoms with Gasteiger partial charge < -0.3 is 21.5 Å². The number of hydrogen-bond acceptors (Lipinski definition) is 5. The molecule has 1 amide bonds. The van der Waals surface area contributed by atoms with Crippen molar-refractivity contribution >= 4 is 23.3 Å². The van der Waals surface area contributed by atoms with E-state index in [0.29, 0.717) is 11.4 Å². The van der Waals surface area contributed by atoms with Gasteiger partial charge in [0.2, 0.25) is 0 Å². The first-order chi connectivity index (χ1) is 9.46. The van der Waals surface area contributed by atoms with E-state index in [0.717, 1.165) is 12.8 Å². The Balaban J connectivity index is 2.52. The smallest absolute Gasteiger partial charge is 0.338 e. The van der Waals surface area contributed by atoms with Crippen LogP contribution in [-0.4, -0.2) is 24.5 Å². The van der Waals surface area contributed by atoms with E-state index in [1.165, 1.54) is 18.2 Å². The highest BCUT2D eigenvalue weighted by atomic mass is 16.5. The van der Waals surface area contributed by atoms with Crippen molar-refractivity contribution < 1.29 is 14.3 Å². The van der Waals surface area contributed by atoms with Crippen molar-refractivity contribution in [3.63, 3.8) is 0 Å². The molecule has 0 spiro atoms. The van der Waals surface area contributed by atoms with Gasteiger partial charge in [-0.3, -0.25) is 4.79 Å². The van der Waals surface area contributed by atoms with Gasteiger partial charge in [0.25, 0.3) is 5.91 Å². The summed E-state index contributed by atoms with van der Waals surface area (Å²) in [5.41, 5.74) is 12.2. The van der Waals surface area contributed by atoms with E-state index in [9.17, 15) is 9.59 Å². The predicted octanol–water partition coefficient (Wildman–Crippen LogP) is 1.31. The number of amides is 1. The van der Waals surface area contributed by atoms with Gasteiger partial charge in [-0.15, -0.1) is 0 Å². The number of carbonyl (C=O) groups excluding carboxylic acids is 2. The average molecular weight is 279 g/mol. The second-order valence-electron chi connectivity index (χ2n) is 4.55. The molecule has 5 N–H and O–H groups in total. The Hall–Kier alpha value is -2.24. The van der Waals surface area contributed by atoms with E-state index in [1.807, 2.05) is 13.8 Å². The molecular formula is C14H21N3O3. The van der Waals surface area contributed by atoms with E-state index >= 15 is 0 Å². The molecule has 20 heavy (non-hydrogen) atoms. The maximum Gasteiger partial charge on any atom is 0.338 e. The number of carbonyl (C=O) groups is 2. The Morgan fingerprint density at radius 2 is 1.70 bits per heavy atom. The minimum absolute atomic E-state index is 0.101. The monoisotopic (exact) mass is 279 g/mol. The Labute approximate surface area is 118 Å². The molecule has 0 radical (unpaired) electrons. The molecule has 1 aromatic carbocycles. The molecule has 0 heterocycles. The first-order valence-corrected chi connectivity index (χ1v) is 6.58. The summed E-state index contributed by atoms with van der Waals surface area (Å²) >= 11 is 0. The maximum absolute atomic E-state index is 11.8. The molecule has 1 aromatic rings. The molecule has 0 unspecified atom stereocenters. The van der Waals surface area contributed by atoms with Crippen LogP contribution in [0.1, 0.15) is 37.0 Å². The number of benzene rings is 1. The summed E-state index contributed by atoms with van der Waals surface area (Å²) in [6.07, 6.45) is 1.67. The standard InChI is InChI=1S/C14H21N3O3/c1-3-12(4-2)17-13(18)8-20-14(19)9-5-10(15)7-11(16)6-9/h5-7,12H,3-4,8,15-16H2,1-2H3,(H,17,18). The third-order valence-corrected chi connectivity index (χ3v) is 2.90. The summed E-state index contributed by atoms with van der Waals surface area (Å²) in [4.78, 5) is 23.4. The topological polar surface area (TPSA) is 107 Å². The van der Waals surface area contributed by atoms with Gasteiger partial charge in [0.15, 0.2) is 6.61 Å². The molecule has 1 rings (SSSR count). The van der Waals surface area contributed by atoms with Crippen LogP contribution in [0.25, 0.3) is 0 Å². The first-order valence-electron chi connectivity index (χ1n) is 6.58. The van der Waals surface area contributed by atoms with Gasteiger partial charge in [0, 0.05) is 17.4 Å². The van der Waals surface area contributed by atoms with Crippen LogP contribution in [0.4, 0.5) is 11.4 Å². The summed E-state index contributed by atoms with van der Waals surface area (Å²) in [5, 5.41) is 2.78. The minimum Gasteiger partial charge on any atom is -0.452 e. The summed E-state index contributed by atoms with van der Waals surface area (Å²) in [6, 6.07) is 4.55. The highest BCUT2D eigenvalue weighted by Gasteiger charge is 2.13. The van der Waals surface area contributed by atoms with E-state index < -0.39 is 5.97 Å². The van der Waals surface area contributed by atoms with Crippen LogP contribution >= 0.6 is 0 Å². The van der Waals surface area contributed by atoms with Gasteiger partial charge in [-0.25, -0.2) is 4.79 Å². The van der Waals surface area contributed by atoms with Crippen LogP contribution in [0, 0.1) is 0 Å². The molecule has 0 fully saturated rings. The second-order valence-corrected chi connectivity index (χ2v) is 4.55. The third kappa shape index (κ3) is 4.79. The summed E-state index contributed by atoms with van der Waals surface area (Å²) in [5.74, 6) is -0.937. The Morgan fingerprint density at radius 1 is 1.15 bits per heavy atom. The van der Waals surface area contributed by atoms with E-state index in [-0.39, 0.29) is 24.1 Å². The first kappa shape index (κ1) is 15.8. The van der Waals surface area contributed by atoms with Gasteiger partial charge in [0.1, 0.15) is 0 Å². The number of nitrogens with one attached hydrogen (secondary N) is 1. The number of nitrogen functional groups attached to an aromatic ring is 2. The summed E-state index contributed by atoms with van der Waals surface area (Å²) in [6.45, 7) is 3.65. The van der Waals surface area contributed by atoms with Crippen LogP contribution in [0.2, 0.25) is 0 Å². The molecule has 0 aliphatic rings. The van der Waals surface area contributed by atoms with Crippen LogP contribution in [0.5, 0.6) is 0 Å². The number of anilines is 2. The lowest BCUT2D eigenvalue weighted by Gasteiger charge is -2.14. The Kier molecular flexibility index (Phi) is 5.83. The maximum atomic E-state index is 11.8. The van der Waals surface area contributed by atoms with Crippen molar-refractivity contribution in [2.24, 2.45) is 0 Å². The lowest BCUT2D eigenvalue weighted by atomic mass is 10.2. The van der Waals surface area contributed by atoms with Crippen molar-refractivity contribution in [3.8, 4) is 0 Å². The molecular weight excluding hydrogens is 258 g/mol. The van der Waals surface area contributed by atoms with E-state index in [1.54, 1.807) is 0 Å². The fourth-order valence-electron chi connectivity index (χ4n) is 1.77. The normalized spacial score (nSPS) is 10.3. The fourth-order valence-corrected chi connectivity index (χ4v) is 1.77. The van der Waals surface area contributed by atoms with Crippen LogP contribution in [0.3, 0.4) is 0 Å². The van der Waals surface area contributed by atoms with Crippen LogP contribution in [-0.2, 0) is 9.53 Å². The minimum atomic E-state index is -0.622. The summed E-state index contributed by atoms with van der Waals surface area (Å²) in [7, 11) is 0. The molecule has 0 atom stereocenters. The quantitative estimate of drug-likeness (QED) is 0.537. The van der Waals surface area contributed by atoms with Gasteiger partial charge in [-0.1, -0.05) is 13.8 Å². The second kappa shape index (κ2) is 7.37. The molecule has 0 aliphatic heterocycles. The Morgan fingerprint density at radius 3 is 2.20 bits per heavy atom. The molecule has 110 valence electrons. The zero-order valence-electron chi connectivity index (χ0n) is 11.8. The van der Waals surface area contributed by atoms with Crippen LogP contribution in [0.15, 0.2) is 18.2 Å². The van der Waals surface area contributed by atoms with Gasteiger partial charge in [-0.2, -0.15) is 0 Å². The Bertz CT molecular complexity index is 464.